The van der Waals surface area contributed by atoms with Crippen molar-refractivity contribution in [2.45, 2.75) is 52.2 Å². The summed E-state index contributed by atoms with van der Waals surface area (Å²) in [5.41, 5.74) is 0. The molecular weight excluding hydrogens is 212 g/mol. The Morgan fingerprint density at radius 2 is 1.82 bits per heavy atom. The summed E-state index contributed by atoms with van der Waals surface area (Å²) in [4.78, 5) is 2.40. The summed E-state index contributed by atoms with van der Waals surface area (Å²) in [6.45, 7) is 9.74. The Balaban J connectivity index is 2.18. The Hall–Kier alpha value is -0.120. The Morgan fingerprint density at radius 1 is 1.24 bits per heavy atom. The number of piperidine rings is 1. The Bertz CT molecular complexity index is 200. The molecule has 0 aromatic carbocycles. The van der Waals surface area contributed by atoms with Gasteiger partial charge in [-0.3, -0.25) is 0 Å². The summed E-state index contributed by atoms with van der Waals surface area (Å²) in [6.07, 6.45) is 3.27. The number of nitrogens with one attached hydrogen (secondary N) is 1. The van der Waals surface area contributed by atoms with Crippen molar-refractivity contribution in [1.29, 1.82) is 0 Å². The van der Waals surface area contributed by atoms with Crippen LogP contribution in [0.5, 0.6) is 0 Å². The molecular formula is C14H30N2O. The molecule has 0 amide bonds. The van der Waals surface area contributed by atoms with Crippen LogP contribution in [0.1, 0.15) is 40.0 Å². The van der Waals surface area contributed by atoms with Crippen LogP contribution in [0.15, 0.2) is 0 Å². The van der Waals surface area contributed by atoms with Crippen molar-refractivity contribution in [3.63, 3.8) is 0 Å². The molecule has 0 aliphatic carbocycles. The van der Waals surface area contributed by atoms with Crippen LogP contribution in [0, 0.1) is 11.8 Å². The first-order valence-corrected chi connectivity index (χ1v) is 7.09. The minimum Gasteiger partial charge on any atom is -0.392 e. The van der Waals surface area contributed by atoms with Gasteiger partial charge in [0.1, 0.15) is 0 Å². The lowest BCUT2D eigenvalue weighted by molar-refractivity contribution is 0.131. The van der Waals surface area contributed by atoms with Gasteiger partial charge in [-0.1, -0.05) is 13.8 Å². The highest BCUT2D eigenvalue weighted by molar-refractivity contribution is 4.79. The second-order valence-corrected chi connectivity index (χ2v) is 6.12. The number of rotatable bonds is 6. The van der Waals surface area contributed by atoms with E-state index in [4.69, 9.17) is 0 Å². The molecule has 2 N–H and O–H groups in total. The molecule has 1 aliphatic rings. The molecule has 3 nitrogen and oxygen atoms in total. The summed E-state index contributed by atoms with van der Waals surface area (Å²) >= 11 is 0. The van der Waals surface area contributed by atoms with Crippen molar-refractivity contribution in [1.82, 2.24) is 10.2 Å². The van der Waals surface area contributed by atoms with E-state index < -0.39 is 0 Å². The van der Waals surface area contributed by atoms with Gasteiger partial charge in [-0.05, 0) is 58.2 Å². The number of aliphatic hydroxyl groups excluding tert-OH is 1. The molecule has 1 heterocycles. The van der Waals surface area contributed by atoms with Gasteiger partial charge in [0.2, 0.25) is 0 Å². The average Bonchev–Trinajstić information content (AvgIpc) is 2.26. The van der Waals surface area contributed by atoms with Crippen molar-refractivity contribution >= 4 is 0 Å². The normalized spacial score (nSPS) is 22.9. The van der Waals surface area contributed by atoms with Gasteiger partial charge in [0.05, 0.1) is 6.10 Å². The largest absolute Gasteiger partial charge is 0.392 e. The van der Waals surface area contributed by atoms with E-state index in [1.165, 1.54) is 25.9 Å². The van der Waals surface area contributed by atoms with Crippen molar-refractivity contribution in [2.24, 2.45) is 11.8 Å². The van der Waals surface area contributed by atoms with Crippen LogP contribution in [-0.2, 0) is 0 Å². The zero-order valence-corrected chi connectivity index (χ0v) is 11.9. The van der Waals surface area contributed by atoms with E-state index in [2.05, 4.69) is 38.0 Å². The van der Waals surface area contributed by atoms with Crippen molar-refractivity contribution in [2.75, 3.05) is 26.7 Å². The number of nitrogens with zero attached hydrogens (tertiary/aromatic N) is 1. The van der Waals surface area contributed by atoms with E-state index in [9.17, 15) is 5.11 Å². The van der Waals surface area contributed by atoms with Gasteiger partial charge in [0, 0.05) is 12.6 Å². The van der Waals surface area contributed by atoms with Crippen LogP contribution in [0.4, 0.5) is 0 Å². The molecule has 0 aromatic heterocycles. The fourth-order valence-electron chi connectivity index (χ4n) is 2.64. The molecule has 1 saturated heterocycles. The van der Waals surface area contributed by atoms with Crippen molar-refractivity contribution in [3.8, 4) is 0 Å². The summed E-state index contributed by atoms with van der Waals surface area (Å²) in [7, 11) is 2.20. The van der Waals surface area contributed by atoms with Gasteiger partial charge in [-0.2, -0.15) is 0 Å². The first kappa shape index (κ1) is 14.9. The summed E-state index contributed by atoms with van der Waals surface area (Å²) in [5, 5.41) is 13.3. The lowest BCUT2D eigenvalue weighted by atomic mass is 9.90. The Morgan fingerprint density at radius 3 is 2.35 bits per heavy atom. The second kappa shape index (κ2) is 7.34. The summed E-state index contributed by atoms with van der Waals surface area (Å²) in [5.74, 6) is 1.35. The van der Waals surface area contributed by atoms with Crippen LogP contribution in [0.3, 0.4) is 0 Å². The maximum absolute atomic E-state index is 9.84. The zero-order valence-electron chi connectivity index (χ0n) is 11.9. The quantitative estimate of drug-likeness (QED) is 0.744. The van der Waals surface area contributed by atoms with Crippen LogP contribution in [0.2, 0.25) is 0 Å². The fourth-order valence-corrected chi connectivity index (χ4v) is 2.64. The first-order chi connectivity index (χ1) is 7.99. The third kappa shape index (κ3) is 5.84. The first-order valence-electron chi connectivity index (χ1n) is 7.09. The lowest BCUT2D eigenvalue weighted by Crippen LogP contribution is -2.43. The predicted molar refractivity (Wildman–Crippen MR) is 73.1 cm³/mol. The molecule has 102 valence electrons. The molecule has 1 fully saturated rings. The molecule has 3 heteroatoms. The topological polar surface area (TPSA) is 35.5 Å². The highest BCUT2D eigenvalue weighted by atomic mass is 16.3. The molecule has 1 rings (SSSR count). The zero-order chi connectivity index (χ0) is 12.8. The number of likely N-dealkylation sites (tertiary alicyclic amines) is 1. The standard InChI is InChI=1S/C14H30N2O/c1-11(2)9-14(17)10-15-12(3)13-5-7-16(4)8-6-13/h11-15,17H,5-10H2,1-4H3. The van der Waals surface area contributed by atoms with Crippen LogP contribution >= 0.6 is 0 Å². The molecule has 2 atom stereocenters. The lowest BCUT2D eigenvalue weighted by Gasteiger charge is -2.33. The fraction of sp³-hybridized carbons (Fsp3) is 1.00. The highest BCUT2D eigenvalue weighted by Crippen LogP contribution is 2.19. The monoisotopic (exact) mass is 242 g/mol. The van der Waals surface area contributed by atoms with E-state index in [0.717, 1.165) is 18.9 Å². The predicted octanol–water partition coefficient (Wildman–Crippen LogP) is 1.71. The van der Waals surface area contributed by atoms with Gasteiger partial charge in [-0.15, -0.1) is 0 Å². The van der Waals surface area contributed by atoms with Crippen LogP contribution in [-0.4, -0.2) is 48.8 Å². The van der Waals surface area contributed by atoms with E-state index in [1.54, 1.807) is 0 Å². The molecule has 0 aromatic rings. The van der Waals surface area contributed by atoms with Gasteiger partial charge in [0.25, 0.3) is 0 Å². The minimum atomic E-state index is -0.191. The summed E-state index contributed by atoms with van der Waals surface area (Å²) in [6, 6.07) is 0.533. The molecule has 2 unspecified atom stereocenters. The third-order valence-corrected chi connectivity index (χ3v) is 3.89. The molecule has 0 saturated carbocycles. The van der Waals surface area contributed by atoms with E-state index in [-0.39, 0.29) is 6.10 Å². The van der Waals surface area contributed by atoms with Gasteiger partial charge in [0.15, 0.2) is 0 Å². The third-order valence-electron chi connectivity index (χ3n) is 3.89. The average molecular weight is 242 g/mol. The van der Waals surface area contributed by atoms with Gasteiger partial charge >= 0.3 is 0 Å². The maximum Gasteiger partial charge on any atom is 0.0667 e. The van der Waals surface area contributed by atoms with E-state index in [1.807, 2.05) is 0 Å². The maximum atomic E-state index is 9.84. The molecule has 0 bridgehead atoms. The van der Waals surface area contributed by atoms with E-state index >= 15 is 0 Å². The SMILES string of the molecule is CC(C)CC(O)CNC(C)C1CCN(C)CC1. The van der Waals surface area contributed by atoms with E-state index in [0.29, 0.717) is 12.0 Å². The second-order valence-electron chi connectivity index (χ2n) is 6.12. The number of hydrogen-bond acceptors (Lipinski definition) is 3. The van der Waals surface area contributed by atoms with Crippen molar-refractivity contribution < 1.29 is 5.11 Å². The highest BCUT2D eigenvalue weighted by Gasteiger charge is 2.22. The van der Waals surface area contributed by atoms with Crippen molar-refractivity contribution in [3.05, 3.63) is 0 Å². The number of aliphatic hydroxyl groups is 1. The Labute approximate surface area is 107 Å². The van der Waals surface area contributed by atoms with Gasteiger partial charge < -0.3 is 15.3 Å². The van der Waals surface area contributed by atoms with Crippen LogP contribution in [0.25, 0.3) is 0 Å². The smallest absolute Gasteiger partial charge is 0.0667 e. The molecule has 0 radical (unpaired) electrons. The minimum absolute atomic E-state index is 0.191. The Kier molecular flexibility index (Phi) is 6.45. The molecule has 17 heavy (non-hydrogen) atoms. The van der Waals surface area contributed by atoms with Crippen LogP contribution < -0.4 is 5.32 Å². The molecule has 0 spiro atoms. The molecule has 1 aliphatic heterocycles. The number of hydrogen-bond donors (Lipinski definition) is 2. The summed E-state index contributed by atoms with van der Waals surface area (Å²) < 4.78 is 0. The van der Waals surface area contributed by atoms with Gasteiger partial charge in [-0.25, -0.2) is 0 Å².